The number of nitrogens with one attached hydrogen (secondary N) is 4. The molecule has 0 amide bonds. The largest absolute Gasteiger partial charge is 0.448 e. The van der Waals surface area contributed by atoms with Crippen LogP contribution in [-0.2, 0) is 0 Å². The summed E-state index contributed by atoms with van der Waals surface area (Å²) in [5.41, 5.74) is 9.43. The van der Waals surface area contributed by atoms with Crippen molar-refractivity contribution in [2.45, 2.75) is 0 Å². The SMILES string of the molecule is C[NH+](/C=C/N/C=C/N)[N-]CCNCC=N. The molecule has 86 valence electrons. The molecular formula is C9H20N6. The Morgan fingerprint density at radius 2 is 2.27 bits per heavy atom. The van der Waals surface area contributed by atoms with Gasteiger partial charge in [0.25, 0.3) is 0 Å². The van der Waals surface area contributed by atoms with Crippen molar-refractivity contribution in [3.05, 3.63) is 30.2 Å². The minimum atomic E-state index is 0.604. The van der Waals surface area contributed by atoms with Crippen molar-refractivity contribution in [3.63, 3.8) is 0 Å². The van der Waals surface area contributed by atoms with Crippen LogP contribution >= 0.6 is 0 Å². The number of quaternary nitrogens is 1. The summed E-state index contributed by atoms with van der Waals surface area (Å²) in [7, 11) is 1.93. The first-order valence-corrected chi connectivity index (χ1v) is 4.81. The topological polar surface area (TPSA) is 92.5 Å². The van der Waals surface area contributed by atoms with Crippen LogP contribution in [0.15, 0.2) is 24.8 Å². The molecule has 0 aliphatic carbocycles. The number of hydrogen-bond donors (Lipinski definition) is 5. The summed E-state index contributed by atoms with van der Waals surface area (Å²) in [5.74, 6) is 0. The van der Waals surface area contributed by atoms with Gasteiger partial charge in [0, 0.05) is 25.2 Å². The molecule has 0 saturated heterocycles. The molecule has 0 aliphatic rings. The van der Waals surface area contributed by atoms with Crippen LogP contribution in [0.25, 0.3) is 5.43 Å². The lowest BCUT2D eigenvalue weighted by atomic mass is 10.6. The van der Waals surface area contributed by atoms with Crippen molar-refractivity contribution in [1.29, 1.82) is 5.41 Å². The van der Waals surface area contributed by atoms with E-state index < -0.39 is 0 Å². The Bertz CT molecular complexity index is 201. The summed E-state index contributed by atoms with van der Waals surface area (Å²) in [6, 6.07) is 0. The van der Waals surface area contributed by atoms with E-state index in [9.17, 15) is 0 Å². The Hall–Kier alpha value is -1.37. The number of nitrogens with two attached hydrogens (primary N) is 1. The fourth-order valence-electron chi connectivity index (χ4n) is 0.818. The van der Waals surface area contributed by atoms with Crippen molar-refractivity contribution >= 4 is 6.21 Å². The second-order valence-corrected chi connectivity index (χ2v) is 2.79. The normalized spacial score (nSPS) is 13.4. The van der Waals surface area contributed by atoms with Gasteiger partial charge < -0.3 is 32.2 Å². The molecule has 0 saturated carbocycles. The minimum Gasteiger partial charge on any atom is -0.448 e. The molecule has 0 aromatic heterocycles. The van der Waals surface area contributed by atoms with Gasteiger partial charge in [-0.1, -0.05) is 6.54 Å². The summed E-state index contributed by atoms with van der Waals surface area (Å²) in [4.78, 5) is 0. The summed E-state index contributed by atoms with van der Waals surface area (Å²) >= 11 is 0. The first-order valence-electron chi connectivity index (χ1n) is 4.81. The molecule has 0 aliphatic heterocycles. The third-order valence-corrected chi connectivity index (χ3v) is 1.51. The van der Waals surface area contributed by atoms with Crippen LogP contribution in [-0.4, -0.2) is 32.9 Å². The smallest absolute Gasteiger partial charge is 0.101 e. The van der Waals surface area contributed by atoms with E-state index in [1.165, 1.54) is 12.4 Å². The van der Waals surface area contributed by atoms with Gasteiger partial charge in [-0.25, -0.2) is 0 Å². The quantitative estimate of drug-likeness (QED) is 0.183. The van der Waals surface area contributed by atoms with Gasteiger partial charge in [0.05, 0.1) is 13.2 Å². The van der Waals surface area contributed by atoms with Gasteiger partial charge in [0.2, 0.25) is 0 Å². The molecule has 6 heteroatoms. The molecule has 6 nitrogen and oxygen atoms in total. The minimum absolute atomic E-state index is 0.604. The number of nitrogens with zero attached hydrogens (tertiary/aromatic N) is 1. The molecule has 1 atom stereocenters. The highest BCUT2D eigenvalue weighted by Crippen LogP contribution is 1.69. The van der Waals surface area contributed by atoms with Crippen LogP contribution < -0.4 is 21.4 Å². The standard InChI is InChI=1S/C9H20N6/c1-15(9-8-13-5-3-11)14-7-6-12-4-2-10/h2-3,5,8-10,12-13,15H,4,6-7,11H2,1H3/b5-3+,9-8+,10-2?. The van der Waals surface area contributed by atoms with Gasteiger partial charge in [-0.3, -0.25) is 0 Å². The molecule has 0 spiro atoms. The second-order valence-electron chi connectivity index (χ2n) is 2.79. The Morgan fingerprint density at radius 1 is 1.47 bits per heavy atom. The highest BCUT2D eigenvalue weighted by molar-refractivity contribution is 5.55. The van der Waals surface area contributed by atoms with Crippen LogP contribution in [0.2, 0.25) is 0 Å². The van der Waals surface area contributed by atoms with E-state index in [2.05, 4.69) is 16.1 Å². The Balaban J connectivity index is 3.35. The van der Waals surface area contributed by atoms with E-state index >= 15 is 0 Å². The molecule has 0 bridgehead atoms. The van der Waals surface area contributed by atoms with Gasteiger partial charge in [-0.15, -0.1) is 0 Å². The van der Waals surface area contributed by atoms with Crippen LogP contribution in [0.1, 0.15) is 0 Å². The van der Waals surface area contributed by atoms with Crippen molar-refractivity contribution in [3.8, 4) is 0 Å². The number of rotatable bonds is 9. The van der Waals surface area contributed by atoms with Crippen molar-refractivity contribution < 1.29 is 5.01 Å². The zero-order valence-corrected chi connectivity index (χ0v) is 9.03. The van der Waals surface area contributed by atoms with Crippen molar-refractivity contribution in [2.75, 3.05) is 26.7 Å². The molecule has 0 aromatic rings. The van der Waals surface area contributed by atoms with E-state index in [4.69, 9.17) is 11.1 Å². The van der Waals surface area contributed by atoms with Crippen LogP contribution in [0.5, 0.6) is 0 Å². The molecule has 0 radical (unpaired) electrons. The van der Waals surface area contributed by atoms with E-state index in [-0.39, 0.29) is 0 Å². The van der Waals surface area contributed by atoms with E-state index in [1.807, 2.05) is 13.2 Å². The molecule has 0 rings (SSSR count). The lowest BCUT2D eigenvalue weighted by Crippen LogP contribution is -3.00. The molecule has 0 aromatic carbocycles. The lowest BCUT2D eigenvalue weighted by molar-refractivity contribution is -0.783. The van der Waals surface area contributed by atoms with Crippen molar-refractivity contribution in [2.24, 2.45) is 5.73 Å². The average Bonchev–Trinajstić information content (AvgIpc) is 2.24. The Kier molecular flexibility index (Phi) is 9.73. The van der Waals surface area contributed by atoms with Crippen molar-refractivity contribution in [1.82, 2.24) is 10.6 Å². The highest BCUT2D eigenvalue weighted by Gasteiger charge is 1.82. The van der Waals surface area contributed by atoms with E-state index in [1.54, 1.807) is 12.4 Å². The van der Waals surface area contributed by atoms with E-state index in [0.717, 1.165) is 18.1 Å². The second kappa shape index (κ2) is 10.7. The Labute approximate surface area is 90.7 Å². The zero-order valence-electron chi connectivity index (χ0n) is 9.03. The highest BCUT2D eigenvalue weighted by atomic mass is 15.5. The van der Waals surface area contributed by atoms with Gasteiger partial charge in [0.15, 0.2) is 0 Å². The number of hydrogen-bond acceptors (Lipinski definition) is 4. The Morgan fingerprint density at radius 3 is 2.93 bits per heavy atom. The predicted octanol–water partition coefficient (Wildman–Crippen LogP) is -1.48. The van der Waals surface area contributed by atoms with Crippen LogP contribution in [0.4, 0.5) is 0 Å². The fourth-order valence-corrected chi connectivity index (χ4v) is 0.818. The van der Waals surface area contributed by atoms with Crippen LogP contribution in [0, 0.1) is 5.41 Å². The molecule has 0 heterocycles. The third-order valence-electron chi connectivity index (χ3n) is 1.51. The maximum absolute atomic E-state index is 6.79. The predicted molar refractivity (Wildman–Crippen MR) is 62.4 cm³/mol. The third kappa shape index (κ3) is 10.6. The van der Waals surface area contributed by atoms with E-state index in [0.29, 0.717) is 6.54 Å². The molecule has 1 unspecified atom stereocenters. The zero-order chi connectivity index (χ0) is 11.4. The first kappa shape index (κ1) is 13.6. The maximum atomic E-state index is 6.79. The summed E-state index contributed by atoms with van der Waals surface area (Å²) in [6.45, 7) is 2.11. The molecule has 0 fully saturated rings. The summed E-state index contributed by atoms with van der Waals surface area (Å²) < 4.78 is 0. The fraction of sp³-hybridized carbons (Fsp3) is 0.444. The lowest BCUT2D eigenvalue weighted by Gasteiger charge is -2.23. The van der Waals surface area contributed by atoms with Gasteiger partial charge >= 0.3 is 0 Å². The van der Waals surface area contributed by atoms with Crippen LogP contribution in [0.3, 0.4) is 0 Å². The molecule has 6 N–H and O–H groups in total. The van der Waals surface area contributed by atoms with Gasteiger partial charge in [-0.05, 0) is 6.54 Å². The monoisotopic (exact) mass is 212 g/mol. The summed E-state index contributed by atoms with van der Waals surface area (Å²) in [6.07, 6.45) is 8.04. The average molecular weight is 212 g/mol. The summed E-state index contributed by atoms with van der Waals surface area (Å²) in [5, 5.41) is 13.7. The molecular weight excluding hydrogens is 192 g/mol. The van der Waals surface area contributed by atoms with Gasteiger partial charge in [0.1, 0.15) is 6.20 Å². The molecule has 15 heavy (non-hydrogen) atoms. The van der Waals surface area contributed by atoms with Gasteiger partial charge in [-0.2, -0.15) is 0 Å². The first-order chi connectivity index (χ1) is 7.31. The maximum Gasteiger partial charge on any atom is 0.101 e.